The highest BCUT2D eigenvalue weighted by atomic mass is 32.1. The van der Waals surface area contributed by atoms with E-state index >= 15 is 0 Å². The second kappa shape index (κ2) is 8.89. The molecule has 2 aromatic carbocycles. The van der Waals surface area contributed by atoms with Gasteiger partial charge in [0.15, 0.2) is 0 Å². The third kappa shape index (κ3) is 4.40. The summed E-state index contributed by atoms with van der Waals surface area (Å²) in [7, 11) is 1.52. The Morgan fingerprint density at radius 3 is 2.53 bits per heavy atom. The van der Waals surface area contributed by atoms with Gasteiger partial charge in [0.25, 0.3) is 5.91 Å². The lowest BCUT2D eigenvalue weighted by molar-refractivity contribution is 0.0739. The van der Waals surface area contributed by atoms with Crippen molar-refractivity contribution in [2.45, 2.75) is 0 Å². The van der Waals surface area contributed by atoms with Crippen molar-refractivity contribution in [2.75, 3.05) is 12.4 Å². The van der Waals surface area contributed by atoms with Gasteiger partial charge in [-0.25, -0.2) is 9.78 Å². The van der Waals surface area contributed by atoms with E-state index in [2.05, 4.69) is 10.3 Å². The number of ether oxygens (including phenoxy) is 2. The molecule has 0 aliphatic rings. The van der Waals surface area contributed by atoms with Crippen molar-refractivity contribution in [3.8, 4) is 21.4 Å². The highest BCUT2D eigenvalue weighted by Crippen LogP contribution is 2.29. The molecule has 1 amide bonds. The summed E-state index contributed by atoms with van der Waals surface area (Å²) in [6.45, 7) is 0. The largest absolute Gasteiger partial charge is 0.496 e. The molecule has 1 N–H and O–H groups in total. The van der Waals surface area contributed by atoms with Crippen LogP contribution in [-0.2, 0) is 0 Å². The molecule has 0 saturated heterocycles. The third-order valence-corrected chi connectivity index (χ3v) is 6.13. The number of rotatable bonds is 6. The lowest BCUT2D eigenvalue weighted by atomic mass is 10.2. The minimum Gasteiger partial charge on any atom is -0.496 e. The van der Waals surface area contributed by atoms with Gasteiger partial charge in [0, 0.05) is 5.69 Å². The van der Waals surface area contributed by atoms with E-state index in [9.17, 15) is 9.59 Å². The number of thiophene rings is 1. The maximum absolute atomic E-state index is 12.5. The topological polar surface area (TPSA) is 77.5 Å². The Balaban J connectivity index is 1.40. The molecule has 0 radical (unpaired) electrons. The van der Waals surface area contributed by atoms with Gasteiger partial charge in [0.05, 0.1) is 23.7 Å². The SMILES string of the molecule is COc1ccccc1C(=O)Nc1ccc(OC(=O)c2cnc(-c3cccs3)s2)cc1. The average Bonchev–Trinajstić information content (AvgIpc) is 3.47. The number of carbonyl (C=O) groups is 2. The Morgan fingerprint density at radius 1 is 1.00 bits per heavy atom. The predicted octanol–water partition coefficient (Wildman–Crippen LogP) is 5.35. The molecule has 0 saturated carbocycles. The maximum atomic E-state index is 12.5. The number of amides is 1. The molecule has 2 aromatic heterocycles. The minimum atomic E-state index is -0.471. The van der Waals surface area contributed by atoms with Crippen LogP contribution < -0.4 is 14.8 Å². The summed E-state index contributed by atoms with van der Waals surface area (Å²) >= 11 is 2.85. The molecular formula is C22H16N2O4S2. The van der Waals surface area contributed by atoms with E-state index in [1.165, 1.54) is 24.6 Å². The van der Waals surface area contributed by atoms with Crippen LogP contribution in [0.2, 0.25) is 0 Å². The summed E-state index contributed by atoms with van der Waals surface area (Å²) in [6.07, 6.45) is 1.52. The summed E-state index contributed by atoms with van der Waals surface area (Å²) in [4.78, 5) is 30.6. The van der Waals surface area contributed by atoms with Crippen LogP contribution in [0.3, 0.4) is 0 Å². The maximum Gasteiger partial charge on any atom is 0.355 e. The predicted molar refractivity (Wildman–Crippen MR) is 118 cm³/mol. The molecule has 8 heteroatoms. The van der Waals surface area contributed by atoms with Crippen LogP contribution in [0.15, 0.2) is 72.2 Å². The fourth-order valence-electron chi connectivity index (χ4n) is 2.68. The third-order valence-electron chi connectivity index (χ3n) is 4.11. The van der Waals surface area contributed by atoms with Gasteiger partial charge in [0.2, 0.25) is 0 Å². The molecule has 2 heterocycles. The monoisotopic (exact) mass is 436 g/mol. The number of aromatic nitrogens is 1. The van der Waals surface area contributed by atoms with Crippen molar-refractivity contribution in [1.29, 1.82) is 0 Å². The first-order valence-corrected chi connectivity index (χ1v) is 10.6. The summed E-state index contributed by atoms with van der Waals surface area (Å²) < 4.78 is 10.6. The van der Waals surface area contributed by atoms with E-state index in [1.807, 2.05) is 17.5 Å². The van der Waals surface area contributed by atoms with E-state index in [0.717, 1.165) is 9.88 Å². The number of nitrogens with zero attached hydrogens (tertiary/aromatic N) is 1. The van der Waals surface area contributed by atoms with Crippen LogP contribution in [0, 0.1) is 0 Å². The molecule has 150 valence electrons. The quantitative estimate of drug-likeness (QED) is 0.326. The molecule has 0 aliphatic heterocycles. The first kappa shape index (κ1) is 19.8. The number of nitrogens with one attached hydrogen (secondary N) is 1. The Kier molecular flexibility index (Phi) is 5.87. The van der Waals surface area contributed by atoms with Crippen molar-refractivity contribution in [2.24, 2.45) is 0 Å². The van der Waals surface area contributed by atoms with Crippen molar-refractivity contribution < 1.29 is 19.1 Å². The lowest BCUT2D eigenvalue weighted by Crippen LogP contribution is -2.13. The van der Waals surface area contributed by atoms with E-state index < -0.39 is 5.97 Å². The zero-order valence-electron chi connectivity index (χ0n) is 15.8. The Hall–Kier alpha value is -3.49. The fraction of sp³-hybridized carbons (Fsp3) is 0.0455. The Bertz CT molecular complexity index is 1170. The van der Waals surface area contributed by atoms with E-state index in [0.29, 0.717) is 27.6 Å². The minimum absolute atomic E-state index is 0.289. The summed E-state index contributed by atoms with van der Waals surface area (Å²) in [5.74, 6) is 0.109. The molecular weight excluding hydrogens is 420 g/mol. The van der Waals surface area contributed by atoms with Crippen molar-refractivity contribution >= 4 is 40.2 Å². The molecule has 0 fully saturated rings. The van der Waals surface area contributed by atoms with Crippen LogP contribution in [0.4, 0.5) is 5.69 Å². The average molecular weight is 437 g/mol. The summed E-state index contributed by atoms with van der Waals surface area (Å²) in [6, 6.07) is 17.4. The molecule has 4 rings (SSSR count). The van der Waals surface area contributed by atoms with Gasteiger partial charge in [-0.2, -0.15) is 0 Å². The van der Waals surface area contributed by atoms with E-state index in [1.54, 1.807) is 59.9 Å². The lowest BCUT2D eigenvalue weighted by Gasteiger charge is -2.09. The number of benzene rings is 2. The number of hydrogen-bond acceptors (Lipinski definition) is 7. The number of carbonyl (C=O) groups excluding carboxylic acids is 2. The fourth-order valence-corrected chi connectivity index (χ4v) is 4.27. The number of hydrogen-bond donors (Lipinski definition) is 1. The highest BCUT2D eigenvalue weighted by molar-refractivity contribution is 7.21. The van der Waals surface area contributed by atoms with E-state index in [4.69, 9.17) is 9.47 Å². The molecule has 4 aromatic rings. The molecule has 6 nitrogen and oxygen atoms in total. The number of anilines is 1. The smallest absolute Gasteiger partial charge is 0.355 e. The summed E-state index contributed by atoms with van der Waals surface area (Å²) in [5.41, 5.74) is 1.01. The van der Waals surface area contributed by atoms with Crippen LogP contribution in [0.5, 0.6) is 11.5 Å². The standard InChI is InChI=1S/C22H16N2O4S2/c1-27-17-6-3-2-5-16(17)20(25)24-14-8-10-15(11-9-14)28-22(26)19-13-23-21(30-19)18-7-4-12-29-18/h2-13H,1H3,(H,24,25). The van der Waals surface area contributed by atoms with Gasteiger partial charge < -0.3 is 14.8 Å². The summed E-state index contributed by atoms with van der Waals surface area (Å²) in [5, 5.41) is 5.54. The molecule has 0 spiro atoms. The van der Waals surface area contributed by atoms with Crippen molar-refractivity contribution in [1.82, 2.24) is 4.98 Å². The highest BCUT2D eigenvalue weighted by Gasteiger charge is 2.15. The van der Waals surface area contributed by atoms with E-state index in [-0.39, 0.29) is 5.91 Å². The van der Waals surface area contributed by atoms with Gasteiger partial charge in [-0.15, -0.1) is 22.7 Å². The van der Waals surface area contributed by atoms with Crippen LogP contribution in [0.1, 0.15) is 20.0 Å². The second-order valence-corrected chi connectivity index (χ2v) is 8.05. The zero-order chi connectivity index (χ0) is 20.9. The molecule has 0 aliphatic carbocycles. The normalized spacial score (nSPS) is 10.4. The number of thiazole rings is 1. The number of para-hydroxylation sites is 1. The van der Waals surface area contributed by atoms with Gasteiger partial charge >= 0.3 is 5.97 Å². The zero-order valence-corrected chi connectivity index (χ0v) is 17.5. The Labute approximate surface area is 180 Å². The molecule has 0 unspecified atom stereocenters. The van der Waals surface area contributed by atoms with Crippen LogP contribution >= 0.6 is 22.7 Å². The first-order valence-electron chi connectivity index (χ1n) is 8.90. The van der Waals surface area contributed by atoms with Gasteiger partial charge in [-0.3, -0.25) is 4.79 Å². The molecule has 0 atom stereocenters. The number of methoxy groups -OCH3 is 1. The van der Waals surface area contributed by atoms with Gasteiger partial charge in [-0.1, -0.05) is 18.2 Å². The first-order chi connectivity index (χ1) is 14.6. The van der Waals surface area contributed by atoms with Gasteiger partial charge in [0.1, 0.15) is 21.4 Å². The second-order valence-electron chi connectivity index (χ2n) is 6.08. The van der Waals surface area contributed by atoms with Crippen molar-refractivity contribution in [3.05, 3.63) is 82.7 Å². The van der Waals surface area contributed by atoms with Crippen LogP contribution in [0.25, 0.3) is 9.88 Å². The van der Waals surface area contributed by atoms with Crippen LogP contribution in [-0.4, -0.2) is 24.0 Å². The molecule has 0 bridgehead atoms. The van der Waals surface area contributed by atoms with Gasteiger partial charge in [-0.05, 0) is 47.8 Å². The number of esters is 1. The van der Waals surface area contributed by atoms with Crippen molar-refractivity contribution in [3.63, 3.8) is 0 Å². The Morgan fingerprint density at radius 2 is 1.80 bits per heavy atom. The molecule has 30 heavy (non-hydrogen) atoms.